The zero-order valence-electron chi connectivity index (χ0n) is 23.5. The quantitative estimate of drug-likeness (QED) is 0.260. The molecule has 0 saturated carbocycles. The van der Waals surface area contributed by atoms with Crippen LogP contribution in [0.1, 0.15) is 5.56 Å². The van der Waals surface area contributed by atoms with Gasteiger partial charge in [-0.05, 0) is 35.9 Å². The predicted octanol–water partition coefficient (Wildman–Crippen LogP) is 4.39. The minimum Gasteiger partial charge on any atom is -0.444 e. The average molecular weight is 587 g/mol. The van der Waals surface area contributed by atoms with Gasteiger partial charge in [0.15, 0.2) is 0 Å². The number of nitrogens with zero attached hydrogens (tertiary/aromatic N) is 6. The molecule has 1 saturated heterocycles. The van der Waals surface area contributed by atoms with Gasteiger partial charge in [-0.2, -0.15) is 10.1 Å². The van der Waals surface area contributed by atoms with Crippen molar-refractivity contribution in [2.75, 3.05) is 48.4 Å². The monoisotopic (exact) mass is 586 g/mol. The number of carbonyl (C=O) groups is 2. The van der Waals surface area contributed by atoms with Gasteiger partial charge in [-0.25, -0.2) is 19.1 Å². The minimum atomic E-state index is -0.732. The number of benzene rings is 2. The number of ether oxygens (including phenoxy) is 2. The summed E-state index contributed by atoms with van der Waals surface area (Å²) in [6.45, 7) is 3.57. The SMILES string of the molecule is Cn1cc(Nc2nccc(N(C(=O)OCc3ccc(F)cc3)c3cccc(NC(=O)/C=C/CN4CCOCC4)c3)n2)cn1. The zero-order chi connectivity index (χ0) is 30.0. The standard InChI is InChI=1S/C30H31FN8O4/c1-37-20-25(19-33-37)35-29-32-12-11-27(36-29)39(30(41)43-21-22-7-9-23(31)10-8-22)26-5-2-4-24(18-26)34-28(40)6-3-13-38-14-16-42-17-15-38/h2-12,18-20H,13-17,21H2,1H3,(H,34,40)(H,32,35,36)/b6-3+. The Hall–Kier alpha value is -5.14. The molecule has 13 heteroatoms. The molecule has 0 spiro atoms. The highest BCUT2D eigenvalue weighted by Crippen LogP contribution is 2.28. The van der Waals surface area contributed by atoms with Crippen molar-refractivity contribution in [2.24, 2.45) is 7.05 Å². The second-order valence-corrected chi connectivity index (χ2v) is 9.64. The Morgan fingerprint density at radius 1 is 1.12 bits per heavy atom. The van der Waals surface area contributed by atoms with Gasteiger partial charge in [0.05, 0.1) is 30.8 Å². The van der Waals surface area contributed by atoms with Crippen molar-refractivity contribution in [3.8, 4) is 0 Å². The molecule has 0 bridgehead atoms. The highest BCUT2D eigenvalue weighted by atomic mass is 19.1. The Morgan fingerprint density at radius 3 is 2.70 bits per heavy atom. The lowest BCUT2D eigenvalue weighted by Gasteiger charge is -2.25. The van der Waals surface area contributed by atoms with Crippen LogP contribution in [0.3, 0.4) is 0 Å². The fourth-order valence-electron chi connectivity index (χ4n) is 4.27. The number of hydrogen-bond donors (Lipinski definition) is 2. The molecule has 4 aromatic rings. The second kappa shape index (κ2) is 14.2. The molecule has 43 heavy (non-hydrogen) atoms. The van der Waals surface area contributed by atoms with Crippen LogP contribution < -0.4 is 15.5 Å². The maximum absolute atomic E-state index is 13.5. The van der Waals surface area contributed by atoms with E-state index in [0.717, 1.165) is 13.1 Å². The van der Waals surface area contributed by atoms with Gasteiger partial charge in [-0.15, -0.1) is 0 Å². The first-order chi connectivity index (χ1) is 20.9. The number of halogens is 1. The molecule has 2 aromatic heterocycles. The number of aromatic nitrogens is 4. The van der Waals surface area contributed by atoms with E-state index in [9.17, 15) is 14.0 Å². The minimum absolute atomic E-state index is 0.0914. The van der Waals surface area contributed by atoms with E-state index in [0.29, 0.717) is 42.4 Å². The third-order valence-electron chi connectivity index (χ3n) is 6.40. The Kier molecular flexibility index (Phi) is 9.67. The number of morpholine rings is 1. The van der Waals surface area contributed by atoms with Crippen molar-refractivity contribution >= 4 is 40.8 Å². The average Bonchev–Trinajstić information content (AvgIpc) is 3.42. The van der Waals surface area contributed by atoms with Crippen molar-refractivity contribution < 1.29 is 23.5 Å². The summed E-state index contributed by atoms with van der Waals surface area (Å²) in [7, 11) is 1.78. The molecule has 1 aliphatic rings. The van der Waals surface area contributed by atoms with Gasteiger partial charge in [0.1, 0.15) is 18.2 Å². The summed E-state index contributed by atoms with van der Waals surface area (Å²) < 4.78 is 25.9. The smallest absolute Gasteiger partial charge is 0.420 e. The van der Waals surface area contributed by atoms with Gasteiger partial charge in [-0.3, -0.25) is 14.4 Å². The maximum atomic E-state index is 13.5. The lowest BCUT2D eigenvalue weighted by Crippen LogP contribution is -2.36. The zero-order valence-corrected chi connectivity index (χ0v) is 23.5. The van der Waals surface area contributed by atoms with Crippen molar-refractivity contribution in [1.82, 2.24) is 24.6 Å². The van der Waals surface area contributed by atoms with Gasteiger partial charge in [-0.1, -0.05) is 24.3 Å². The van der Waals surface area contributed by atoms with Gasteiger partial charge < -0.3 is 20.1 Å². The maximum Gasteiger partial charge on any atom is 0.420 e. The summed E-state index contributed by atoms with van der Waals surface area (Å²) in [5.74, 6) is -0.238. The Morgan fingerprint density at radius 2 is 1.93 bits per heavy atom. The number of carbonyl (C=O) groups excluding carboxylic acids is 2. The van der Waals surface area contributed by atoms with Crippen LogP contribution in [-0.2, 0) is 27.9 Å². The first-order valence-electron chi connectivity index (χ1n) is 13.6. The Bertz CT molecular complexity index is 1570. The molecule has 2 N–H and O–H groups in total. The summed E-state index contributed by atoms with van der Waals surface area (Å²) in [6, 6.07) is 14.0. The van der Waals surface area contributed by atoms with Gasteiger partial charge >= 0.3 is 6.09 Å². The molecule has 0 radical (unpaired) electrons. The molecule has 0 unspecified atom stereocenters. The molecule has 5 rings (SSSR count). The molecule has 12 nitrogen and oxygen atoms in total. The molecule has 3 heterocycles. The molecular formula is C30H31FN8O4. The van der Waals surface area contributed by atoms with Gasteiger partial charge in [0.2, 0.25) is 11.9 Å². The topological polar surface area (TPSA) is 127 Å². The molecule has 0 atom stereocenters. The number of hydrogen-bond acceptors (Lipinski definition) is 9. The van der Waals surface area contributed by atoms with Crippen molar-refractivity contribution in [2.45, 2.75) is 6.61 Å². The molecular weight excluding hydrogens is 555 g/mol. The summed E-state index contributed by atoms with van der Waals surface area (Å²) in [5, 5.41) is 10.0. The predicted molar refractivity (Wildman–Crippen MR) is 159 cm³/mol. The van der Waals surface area contributed by atoms with Crippen LogP contribution in [0.2, 0.25) is 0 Å². The molecule has 0 aliphatic carbocycles. The molecule has 222 valence electrons. The van der Waals surface area contributed by atoms with Crippen molar-refractivity contribution in [1.29, 1.82) is 0 Å². The van der Waals surface area contributed by atoms with Crippen LogP contribution in [-0.4, -0.2) is 69.5 Å². The summed E-state index contributed by atoms with van der Waals surface area (Å²) in [5.41, 5.74) is 2.14. The van der Waals surface area contributed by atoms with Crippen LogP contribution in [0.5, 0.6) is 0 Å². The van der Waals surface area contributed by atoms with Gasteiger partial charge in [0, 0.05) is 56.9 Å². The fourth-order valence-corrected chi connectivity index (χ4v) is 4.27. The number of aryl methyl sites for hydroxylation is 1. The third-order valence-corrected chi connectivity index (χ3v) is 6.40. The lowest BCUT2D eigenvalue weighted by atomic mass is 10.2. The van der Waals surface area contributed by atoms with E-state index < -0.39 is 6.09 Å². The van der Waals surface area contributed by atoms with Crippen LogP contribution in [0.25, 0.3) is 0 Å². The summed E-state index contributed by atoms with van der Waals surface area (Å²) in [4.78, 5) is 38.4. The number of nitrogens with one attached hydrogen (secondary N) is 2. The van der Waals surface area contributed by atoms with E-state index >= 15 is 0 Å². The number of rotatable bonds is 10. The van der Waals surface area contributed by atoms with Crippen LogP contribution in [0.15, 0.2) is 85.3 Å². The highest BCUT2D eigenvalue weighted by Gasteiger charge is 2.23. The van der Waals surface area contributed by atoms with E-state index in [-0.39, 0.29) is 30.1 Å². The fraction of sp³-hybridized carbons (Fsp3) is 0.233. The summed E-state index contributed by atoms with van der Waals surface area (Å²) in [6.07, 6.45) is 7.44. The number of anilines is 5. The molecule has 2 amide bonds. The molecule has 2 aromatic carbocycles. The third kappa shape index (κ3) is 8.44. The molecule has 1 fully saturated rings. The van der Waals surface area contributed by atoms with E-state index in [1.807, 2.05) is 0 Å². The Balaban J connectivity index is 1.35. The van der Waals surface area contributed by atoms with Crippen molar-refractivity contribution in [3.63, 3.8) is 0 Å². The van der Waals surface area contributed by atoms with Crippen LogP contribution in [0.4, 0.5) is 38.0 Å². The van der Waals surface area contributed by atoms with E-state index in [1.54, 1.807) is 60.5 Å². The van der Waals surface area contributed by atoms with E-state index in [1.165, 1.54) is 41.4 Å². The molecule has 1 aliphatic heterocycles. The van der Waals surface area contributed by atoms with Gasteiger partial charge in [0.25, 0.3) is 0 Å². The Labute approximate surface area is 247 Å². The normalized spacial score (nSPS) is 13.5. The van der Waals surface area contributed by atoms with Crippen LogP contribution >= 0.6 is 0 Å². The lowest BCUT2D eigenvalue weighted by molar-refractivity contribution is -0.111. The van der Waals surface area contributed by atoms with E-state index in [2.05, 4.69) is 30.6 Å². The first-order valence-corrected chi connectivity index (χ1v) is 13.6. The van der Waals surface area contributed by atoms with Crippen molar-refractivity contribution in [3.05, 3.63) is 96.7 Å². The number of amides is 2. The summed E-state index contributed by atoms with van der Waals surface area (Å²) >= 11 is 0. The van der Waals surface area contributed by atoms with Crippen LogP contribution in [0, 0.1) is 5.82 Å². The highest BCUT2D eigenvalue weighted by molar-refractivity contribution is 6.01. The second-order valence-electron chi connectivity index (χ2n) is 9.64. The first kappa shape index (κ1) is 29.4. The van der Waals surface area contributed by atoms with E-state index in [4.69, 9.17) is 9.47 Å². The largest absolute Gasteiger partial charge is 0.444 e.